The van der Waals surface area contributed by atoms with Crippen molar-refractivity contribution < 1.29 is 14.6 Å². The lowest BCUT2D eigenvalue weighted by Gasteiger charge is -2.38. The van der Waals surface area contributed by atoms with Crippen LogP contribution in [0.2, 0.25) is 10.0 Å². The number of carbonyl (C=O) groups is 1. The van der Waals surface area contributed by atoms with Crippen LogP contribution in [0.1, 0.15) is 35.2 Å². The lowest BCUT2D eigenvalue weighted by molar-refractivity contribution is 0.0984. The number of hydrogen-bond acceptors (Lipinski definition) is 5. The van der Waals surface area contributed by atoms with Gasteiger partial charge in [-0.15, -0.1) is 0 Å². The lowest BCUT2D eigenvalue weighted by Crippen LogP contribution is -2.45. The molecule has 1 aliphatic heterocycles. The zero-order valence-electron chi connectivity index (χ0n) is 18.6. The molecular weight excluding hydrogens is 473 g/mol. The van der Waals surface area contributed by atoms with E-state index >= 15 is 0 Å². The quantitative estimate of drug-likeness (QED) is 0.451. The van der Waals surface area contributed by atoms with Crippen molar-refractivity contribution in [1.29, 1.82) is 0 Å². The second-order valence-corrected chi connectivity index (χ2v) is 9.36. The van der Waals surface area contributed by atoms with Crippen molar-refractivity contribution in [2.45, 2.75) is 31.7 Å². The highest BCUT2D eigenvalue weighted by atomic mass is 35.5. The Labute approximate surface area is 208 Å². The van der Waals surface area contributed by atoms with Crippen molar-refractivity contribution in [2.75, 3.05) is 29.5 Å². The highest BCUT2D eigenvalue weighted by Crippen LogP contribution is 2.41. The third kappa shape index (κ3) is 4.58. The van der Waals surface area contributed by atoms with Crippen molar-refractivity contribution in [2.24, 2.45) is 0 Å². The number of fused-ring (bicyclic) bond motifs is 1. The molecule has 6 nitrogen and oxygen atoms in total. The molecule has 0 radical (unpaired) electrons. The molecule has 0 unspecified atom stereocenters. The third-order valence-electron chi connectivity index (χ3n) is 6.22. The van der Waals surface area contributed by atoms with Crippen LogP contribution in [-0.4, -0.2) is 41.7 Å². The predicted octanol–water partition coefficient (Wildman–Crippen LogP) is 5.73. The van der Waals surface area contributed by atoms with Crippen molar-refractivity contribution in [1.82, 2.24) is 4.98 Å². The first kappa shape index (κ1) is 23.0. The van der Waals surface area contributed by atoms with Crippen LogP contribution >= 0.6 is 23.2 Å². The fourth-order valence-electron chi connectivity index (χ4n) is 4.36. The van der Waals surface area contributed by atoms with Crippen LogP contribution in [0.4, 0.5) is 11.4 Å². The molecule has 1 N–H and O–H groups in total. The highest BCUT2D eigenvalue weighted by molar-refractivity contribution is 6.34. The summed E-state index contributed by atoms with van der Waals surface area (Å²) in [4.78, 5) is 22.1. The average Bonchev–Trinajstić information content (AvgIpc) is 3.70. The third-order valence-corrected chi connectivity index (χ3v) is 6.86. The van der Waals surface area contributed by atoms with Crippen molar-refractivity contribution in [3.05, 3.63) is 76.0 Å². The van der Waals surface area contributed by atoms with Gasteiger partial charge in [0.25, 0.3) is 5.91 Å². The van der Waals surface area contributed by atoms with Crippen LogP contribution in [0.3, 0.4) is 0 Å². The van der Waals surface area contributed by atoms with Gasteiger partial charge in [-0.25, -0.2) is 0 Å². The Balaban J connectivity index is 1.43. The largest absolute Gasteiger partial charge is 0.455 e. The zero-order valence-corrected chi connectivity index (χ0v) is 20.1. The van der Waals surface area contributed by atoms with Gasteiger partial charge in [0.05, 0.1) is 16.4 Å². The molecule has 1 aromatic heterocycles. The van der Waals surface area contributed by atoms with Gasteiger partial charge in [0.2, 0.25) is 0 Å². The number of ether oxygens (including phenoxy) is 1. The molecule has 0 atom stereocenters. The maximum atomic E-state index is 13.7. The number of halogens is 2. The molecule has 0 bridgehead atoms. The van der Waals surface area contributed by atoms with Crippen LogP contribution in [-0.2, 0) is 6.42 Å². The van der Waals surface area contributed by atoms with Crippen LogP contribution < -0.4 is 14.5 Å². The number of anilines is 2. The molecule has 2 aromatic carbocycles. The second-order valence-electron chi connectivity index (χ2n) is 8.55. The topological polar surface area (TPSA) is 65.9 Å². The minimum absolute atomic E-state index is 0.0761. The SMILES string of the molecule is O=C(c1cnccc1Oc1cc(Cl)c(CCCO)cc1Cl)N1CCN(C2CC2)c2ccccc21. The standard InChI is InChI=1S/C26H25Cl2N3O3/c27-20-15-25(21(28)14-17(20)4-3-13-32)34-24-9-10-29-16-19(24)26(33)31-12-11-30(18-7-8-18)22-5-1-2-6-23(22)31/h1-2,5-6,9-10,14-16,18,32H,3-4,7-8,11-13H2. The first-order chi connectivity index (χ1) is 16.6. The molecule has 1 aliphatic carbocycles. The van der Waals surface area contributed by atoms with E-state index in [1.807, 2.05) is 18.2 Å². The molecule has 1 saturated carbocycles. The number of benzene rings is 2. The maximum absolute atomic E-state index is 13.7. The molecule has 34 heavy (non-hydrogen) atoms. The number of nitrogens with zero attached hydrogens (tertiary/aromatic N) is 3. The summed E-state index contributed by atoms with van der Waals surface area (Å²) in [5.41, 5.74) is 3.18. The second kappa shape index (κ2) is 9.82. The van der Waals surface area contributed by atoms with Gasteiger partial charge in [0.1, 0.15) is 17.1 Å². The van der Waals surface area contributed by atoms with E-state index in [-0.39, 0.29) is 12.5 Å². The summed E-state index contributed by atoms with van der Waals surface area (Å²) in [7, 11) is 0. The highest BCUT2D eigenvalue weighted by Gasteiger charge is 2.36. The molecule has 0 spiro atoms. The summed E-state index contributed by atoms with van der Waals surface area (Å²) in [6, 6.07) is 13.6. The molecule has 2 heterocycles. The monoisotopic (exact) mass is 497 g/mol. The Hall–Kier alpha value is -2.80. The van der Waals surface area contributed by atoms with E-state index in [2.05, 4.69) is 16.0 Å². The number of hydrogen-bond donors (Lipinski definition) is 1. The first-order valence-electron chi connectivity index (χ1n) is 11.4. The van der Waals surface area contributed by atoms with Crippen molar-refractivity contribution >= 4 is 40.5 Å². The van der Waals surface area contributed by atoms with Gasteiger partial charge in [-0.1, -0.05) is 35.3 Å². The predicted molar refractivity (Wildman–Crippen MR) is 135 cm³/mol. The minimum Gasteiger partial charge on any atom is -0.455 e. The molecule has 2 aliphatic rings. The van der Waals surface area contributed by atoms with Gasteiger partial charge < -0.3 is 19.6 Å². The summed E-state index contributed by atoms with van der Waals surface area (Å²) in [5.74, 6) is 0.551. The fourth-order valence-corrected chi connectivity index (χ4v) is 4.84. The Kier molecular flexibility index (Phi) is 6.63. The molecule has 5 rings (SSSR count). The van der Waals surface area contributed by atoms with Crippen LogP contribution in [0.5, 0.6) is 11.5 Å². The van der Waals surface area contributed by atoms with E-state index in [0.29, 0.717) is 52.5 Å². The van der Waals surface area contributed by atoms with Crippen molar-refractivity contribution in [3.8, 4) is 11.5 Å². The Morgan fingerprint density at radius 2 is 1.85 bits per heavy atom. The number of aliphatic hydroxyl groups is 1. The summed E-state index contributed by atoms with van der Waals surface area (Å²) in [5, 5.41) is 9.97. The molecule has 176 valence electrons. The van der Waals surface area contributed by atoms with Crippen molar-refractivity contribution in [3.63, 3.8) is 0 Å². The van der Waals surface area contributed by atoms with E-state index < -0.39 is 0 Å². The number of aryl methyl sites for hydroxylation is 1. The molecule has 8 heteroatoms. The number of para-hydroxylation sites is 2. The van der Waals surface area contributed by atoms with Gasteiger partial charge >= 0.3 is 0 Å². The lowest BCUT2D eigenvalue weighted by atomic mass is 10.1. The average molecular weight is 498 g/mol. The molecule has 1 fully saturated rings. The summed E-state index contributed by atoms with van der Waals surface area (Å²) >= 11 is 12.9. The number of carbonyl (C=O) groups excluding carboxylic acids is 1. The maximum Gasteiger partial charge on any atom is 0.263 e. The number of rotatable bonds is 7. The smallest absolute Gasteiger partial charge is 0.263 e. The first-order valence-corrected chi connectivity index (χ1v) is 12.2. The number of pyridine rings is 1. The van der Waals surface area contributed by atoms with E-state index in [0.717, 1.165) is 23.5 Å². The van der Waals surface area contributed by atoms with E-state index in [1.165, 1.54) is 19.0 Å². The van der Waals surface area contributed by atoms with Crippen LogP contribution in [0, 0.1) is 0 Å². The summed E-state index contributed by atoms with van der Waals surface area (Å²) < 4.78 is 6.09. The Bertz CT molecular complexity index is 1220. The Morgan fingerprint density at radius 3 is 2.62 bits per heavy atom. The van der Waals surface area contributed by atoms with Gasteiger partial charge in [0, 0.05) is 49.2 Å². The Morgan fingerprint density at radius 1 is 1.06 bits per heavy atom. The van der Waals surface area contributed by atoms with E-state index in [9.17, 15) is 4.79 Å². The van der Waals surface area contributed by atoms with E-state index in [1.54, 1.807) is 29.3 Å². The summed E-state index contributed by atoms with van der Waals surface area (Å²) in [6.45, 7) is 1.46. The van der Waals surface area contributed by atoms with Gasteiger partial charge in [-0.2, -0.15) is 0 Å². The molecule has 3 aromatic rings. The minimum atomic E-state index is -0.173. The fraction of sp³-hybridized carbons (Fsp3) is 0.308. The van der Waals surface area contributed by atoms with Crippen LogP contribution in [0.25, 0.3) is 0 Å². The zero-order chi connectivity index (χ0) is 23.7. The van der Waals surface area contributed by atoms with Gasteiger partial charge in [-0.3, -0.25) is 9.78 Å². The normalized spacial score (nSPS) is 15.3. The summed E-state index contributed by atoms with van der Waals surface area (Å²) in [6.07, 6.45) is 6.71. The van der Waals surface area contributed by atoms with E-state index in [4.69, 9.17) is 33.0 Å². The molecule has 0 saturated heterocycles. The van der Waals surface area contributed by atoms with Crippen LogP contribution in [0.15, 0.2) is 54.9 Å². The molecule has 1 amide bonds. The molecular formula is C26H25Cl2N3O3. The van der Waals surface area contributed by atoms with Gasteiger partial charge in [0.15, 0.2) is 0 Å². The number of amides is 1. The van der Waals surface area contributed by atoms with Gasteiger partial charge in [-0.05, 0) is 55.5 Å². The number of aliphatic hydroxyl groups excluding tert-OH is 1. The number of aromatic nitrogens is 1.